The fourth-order valence-corrected chi connectivity index (χ4v) is 3.44. The van der Waals surface area contributed by atoms with Crippen LogP contribution in [-0.2, 0) is 10.0 Å². The lowest BCUT2D eigenvalue weighted by Gasteiger charge is -2.11. The number of nitrogens with two attached hydrogens (primary N) is 1. The Kier molecular flexibility index (Phi) is 3.23. The first-order valence-corrected chi connectivity index (χ1v) is 7.20. The zero-order valence-corrected chi connectivity index (χ0v) is 11.8. The normalized spacial score (nSPS) is 11.5. The molecule has 0 aliphatic heterocycles. The molecule has 1 heterocycles. The number of nitrogen functional groups attached to an aromatic ring is 1. The molecular weight excluding hydrogens is 264 g/mol. The van der Waals surface area contributed by atoms with Crippen molar-refractivity contribution < 1.29 is 8.42 Å². The number of hydrogen-bond donors (Lipinski definition) is 3. The molecule has 2 rings (SSSR count). The van der Waals surface area contributed by atoms with Crippen molar-refractivity contribution in [3.8, 4) is 0 Å². The molecule has 1 aromatic carbocycles. The Morgan fingerprint density at radius 3 is 2.47 bits per heavy atom. The molecule has 1 aromatic heterocycles. The van der Waals surface area contributed by atoms with Crippen molar-refractivity contribution in [3.63, 3.8) is 0 Å². The van der Waals surface area contributed by atoms with Gasteiger partial charge in [-0.1, -0.05) is 0 Å². The van der Waals surface area contributed by atoms with Gasteiger partial charge < -0.3 is 5.73 Å². The van der Waals surface area contributed by atoms with E-state index < -0.39 is 10.0 Å². The molecule has 0 unspecified atom stereocenters. The monoisotopic (exact) mass is 280 g/mol. The van der Waals surface area contributed by atoms with Gasteiger partial charge in [0.2, 0.25) is 0 Å². The lowest BCUT2D eigenvalue weighted by Crippen LogP contribution is -2.15. The maximum absolute atomic E-state index is 12.3. The van der Waals surface area contributed by atoms with Crippen LogP contribution in [0.25, 0.3) is 0 Å². The number of rotatable bonds is 3. The molecule has 19 heavy (non-hydrogen) atoms. The highest BCUT2D eigenvalue weighted by atomic mass is 32.2. The number of nitrogens with one attached hydrogen (secondary N) is 2. The molecule has 0 radical (unpaired) electrons. The minimum Gasteiger partial charge on any atom is -0.399 e. The second-order valence-electron chi connectivity index (χ2n) is 4.44. The van der Waals surface area contributed by atoms with Gasteiger partial charge in [0, 0.05) is 5.69 Å². The molecule has 0 aliphatic carbocycles. The third kappa shape index (κ3) is 2.55. The highest BCUT2D eigenvalue weighted by Gasteiger charge is 2.22. The fourth-order valence-electron chi connectivity index (χ4n) is 1.93. The third-order valence-corrected chi connectivity index (χ3v) is 4.45. The van der Waals surface area contributed by atoms with Gasteiger partial charge in [-0.2, -0.15) is 5.10 Å². The first-order chi connectivity index (χ1) is 8.81. The van der Waals surface area contributed by atoms with E-state index in [-0.39, 0.29) is 4.90 Å². The molecule has 0 fully saturated rings. The summed E-state index contributed by atoms with van der Waals surface area (Å²) in [6.07, 6.45) is 0. The second kappa shape index (κ2) is 4.58. The van der Waals surface area contributed by atoms with E-state index in [2.05, 4.69) is 14.9 Å². The van der Waals surface area contributed by atoms with Crippen molar-refractivity contribution in [3.05, 3.63) is 35.2 Å². The summed E-state index contributed by atoms with van der Waals surface area (Å²) in [6.45, 7) is 5.11. The third-order valence-electron chi connectivity index (χ3n) is 2.82. The van der Waals surface area contributed by atoms with Gasteiger partial charge in [-0.25, -0.2) is 8.42 Å². The van der Waals surface area contributed by atoms with Crippen molar-refractivity contribution >= 4 is 21.4 Å². The Morgan fingerprint density at radius 2 is 1.95 bits per heavy atom. The van der Waals surface area contributed by atoms with Crippen LogP contribution in [0.4, 0.5) is 11.4 Å². The number of hydrogen-bond acceptors (Lipinski definition) is 4. The van der Waals surface area contributed by atoms with Crippen molar-refractivity contribution in [1.29, 1.82) is 0 Å². The van der Waals surface area contributed by atoms with Crippen LogP contribution in [0, 0.1) is 20.8 Å². The molecule has 0 atom stereocenters. The van der Waals surface area contributed by atoms with E-state index in [0.29, 0.717) is 22.8 Å². The Bertz CT molecular complexity index is 700. The minimum atomic E-state index is -3.65. The van der Waals surface area contributed by atoms with Gasteiger partial charge in [0.25, 0.3) is 10.0 Å². The first-order valence-electron chi connectivity index (χ1n) is 5.72. The largest absolute Gasteiger partial charge is 0.399 e. The summed E-state index contributed by atoms with van der Waals surface area (Å²) in [5.41, 5.74) is 8.46. The van der Waals surface area contributed by atoms with Crippen LogP contribution >= 0.6 is 0 Å². The zero-order chi connectivity index (χ0) is 14.2. The van der Waals surface area contributed by atoms with Gasteiger partial charge in [-0.05, 0) is 44.5 Å². The van der Waals surface area contributed by atoms with Crippen LogP contribution < -0.4 is 10.5 Å². The molecule has 2 aromatic rings. The number of aromatic nitrogens is 2. The van der Waals surface area contributed by atoms with Gasteiger partial charge in [0.15, 0.2) is 0 Å². The molecule has 0 bridgehead atoms. The molecule has 0 spiro atoms. The quantitative estimate of drug-likeness (QED) is 0.745. The van der Waals surface area contributed by atoms with Crippen LogP contribution in [0.1, 0.15) is 17.0 Å². The van der Waals surface area contributed by atoms with Crippen molar-refractivity contribution in [2.45, 2.75) is 25.7 Å². The Balaban J connectivity index is 2.42. The van der Waals surface area contributed by atoms with Crippen LogP contribution in [0.15, 0.2) is 23.1 Å². The molecule has 0 saturated carbocycles. The lowest BCUT2D eigenvalue weighted by atomic mass is 10.2. The lowest BCUT2D eigenvalue weighted by molar-refractivity contribution is 0.600. The molecule has 0 saturated heterocycles. The topological polar surface area (TPSA) is 101 Å². The highest BCUT2D eigenvalue weighted by Crippen LogP contribution is 2.24. The number of H-pyrrole nitrogens is 1. The molecule has 0 amide bonds. The van der Waals surface area contributed by atoms with E-state index in [1.54, 1.807) is 39.0 Å². The summed E-state index contributed by atoms with van der Waals surface area (Å²) in [4.78, 5) is 0.184. The minimum absolute atomic E-state index is 0.184. The SMILES string of the molecule is Cc1cc(N)ccc1NS(=O)(=O)c1c(C)n[nH]c1C. The van der Waals surface area contributed by atoms with E-state index >= 15 is 0 Å². The summed E-state index contributed by atoms with van der Waals surface area (Å²) >= 11 is 0. The summed E-state index contributed by atoms with van der Waals surface area (Å²) in [5.74, 6) is 0. The summed E-state index contributed by atoms with van der Waals surface area (Å²) in [6, 6.07) is 5.01. The van der Waals surface area contributed by atoms with E-state index in [1.165, 1.54) is 0 Å². The maximum Gasteiger partial charge on any atom is 0.265 e. The molecular formula is C12H16N4O2S. The summed E-state index contributed by atoms with van der Waals surface area (Å²) in [7, 11) is -3.65. The second-order valence-corrected chi connectivity index (χ2v) is 6.06. The average Bonchev–Trinajstić information content (AvgIpc) is 2.63. The van der Waals surface area contributed by atoms with Gasteiger partial charge >= 0.3 is 0 Å². The number of aryl methyl sites for hydroxylation is 3. The first kappa shape index (κ1) is 13.4. The Morgan fingerprint density at radius 1 is 1.26 bits per heavy atom. The van der Waals surface area contributed by atoms with Crippen LogP contribution in [0.3, 0.4) is 0 Å². The van der Waals surface area contributed by atoms with Gasteiger partial charge in [0.05, 0.1) is 17.1 Å². The fraction of sp³-hybridized carbons (Fsp3) is 0.250. The number of nitrogens with zero attached hydrogens (tertiary/aromatic N) is 1. The van der Waals surface area contributed by atoms with E-state index in [4.69, 9.17) is 5.73 Å². The average molecular weight is 280 g/mol. The van der Waals surface area contributed by atoms with Crippen molar-refractivity contribution in [1.82, 2.24) is 10.2 Å². The van der Waals surface area contributed by atoms with Gasteiger partial charge in [-0.15, -0.1) is 0 Å². The number of anilines is 2. The van der Waals surface area contributed by atoms with Crippen molar-refractivity contribution in [2.24, 2.45) is 0 Å². The predicted molar refractivity (Wildman–Crippen MR) is 74.5 cm³/mol. The van der Waals surface area contributed by atoms with Crippen LogP contribution in [0.2, 0.25) is 0 Å². The van der Waals surface area contributed by atoms with Crippen LogP contribution in [-0.4, -0.2) is 18.6 Å². The van der Waals surface area contributed by atoms with Gasteiger partial charge in [-0.3, -0.25) is 9.82 Å². The molecule has 6 nitrogen and oxygen atoms in total. The van der Waals surface area contributed by atoms with Crippen molar-refractivity contribution in [2.75, 3.05) is 10.5 Å². The number of aromatic amines is 1. The van der Waals surface area contributed by atoms with E-state index in [1.807, 2.05) is 0 Å². The summed E-state index contributed by atoms with van der Waals surface area (Å²) in [5, 5.41) is 6.56. The van der Waals surface area contributed by atoms with E-state index in [0.717, 1.165) is 5.56 Å². The maximum atomic E-state index is 12.3. The van der Waals surface area contributed by atoms with Gasteiger partial charge in [0.1, 0.15) is 4.90 Å². The molecule has 102 valence electrons. The summed E-state index contributed by atoms with van der Waals surface area (Å²) < 4.78 is 27.2. The highest BCUT2D eigenvalue weighted by molar-refractivity contribution is 7.92. The molecule has 4 N–H and O–H groups in total. The van der Waals surface area contributed by atoms with E-state index in [9.17, 15) is 8.42 Å². The van der Waals surface area contributed by atoms with Crippen LogP contribution in [0.5, 0.6) is 0 Å². The number of sulfonamides is 1. The zero-order valence-electron chi connectivity index (χ0n) is 11.0. The standard InChI is InChI=1S/C12H16N4O2S/c1-7-6-10(13)4-5-11(7)16-19(17,18)12-8(2)14-15-9(12)3/h4-6,16H,13H2,1-3H3,(H,14,15). The smallest absolute Gasteiger partial charge is 0.265 e. The number of benzene rings is 1. The molecule has 7 heteroatoms. The Hall–Kier alpha value is -2.02. The molecule has 0 aliphatic rings. The predicted octanol–water partition coefficient (Wildman–Crippen LogP) is 1.72. The Labute approximate surface area is 112 Å².